The Balaban J connectivity index is 1.94. The van der Waals surface area contributed by atoms with Crippen molar-refractivity contribution in [3.8, 4) is 0 Å². The molecule has 0 radical (unpaired) electrons. The van der Waals surface area contributed by atoms with E-state index in [1.54, 1.807) is 4.90 Å². The predicted octanol–water partition coefficient (Wildman–Crippen LogP) is 0.678. The van der Waals surface area contributed by atoms with Gasteiger partial charge in [0.2, 0.25) is 0 Å². The van der Waals surface area contributed by atoms with Crippen molar-refractivity contribution in [3.63, 3.8) is 0 Å². The molecule has 0 aromatic carbocycles. The van der Waals surface area contributed by atoms with Gasteiger partial charge in [-0.05, 0) is 23.4 Å². The summed E-state index contributed by atoms with van der Waals surface area (Å²) in [5.41, 5.74) is -0.251. The molecule has 0 atom stereocenters. The Morgan fingerprint density at radius 2 is 2.16 bits per heavy atom. The zero-order valence-electron chi connectivity index (χ0n) is 10.5. The van der Waals surface area contributed by atoms with E-state index in [1.807, 2.05) is 0 Å². The molecule has 19 heavy (non-hydrogen) atoms. The van der Waals surface area contributed by atoms with Gasteiger partial charge in [0.05, 0.1) is 0 Å². The molecule has 0 aliphatic carbocycles. The van der Waals surface area contributed by atoms with Gasteiger partial charge in [0.15, 0.2) is 5.82 Å². The number of nitrogens with one attached hydrogen (secondary N) is 1. The number of rotatable bonds is 2. The maximum atomic E-state index is 12.0. The molecule has 0 bridgehead atoms. The highest BCUT2D eigenvalue weighted by Crippen LogP contribution is 2.14. The van der Waals surface area contributed by atoms with Crippen LogP contribution >= 0.6 is 0 Å². The second-order valence-electron chi connectivity index (χ2n) is 4.39. The van der Waals surface area contributed by atoms with Crippen LogP contribution in [-0.2, 0) is 12.0 Å². The molecule has 1 saturated heterocycles. The lowest BCUT2D eigenvalue weighted by molar-refractivity contribution is -0.189. The second-order valence-corrected chi connectivity index (χ2v) is 4.39. The van der Waals surface area contributed by atoms with Crippen molar-refractivity contribution < 1.29 is 14.3 Å². The van der Waals surface area contributed by atoms with Gasteiger partial charge < -0.3 is 4.90 Å². The number of carbonyl (C=O) groups is 1. The molecule has 1 N–H and O–H groups in total. The third kappa shape index (κ3) is 3.28. The number of carbonyl (C=O) groups excluding carboxylic acids is 1. The normalized spacial score (nSPS) is 16.4. The number of amides is 2. The van der Waals surface area contributed by atoms with E-state index in [1.165, 1.54) is 19.2 Å². The van der Waals surface area contributed by atoms with Crippen molar-refractivity contribution in [2.45, 2.75) is 18.9 Å². The first kappa shape index (κ1) is 13.5. The SMILES string of the molecule is Cn1nc(NC(=O)N2CCC(OF)CC2)ccc1=O. The Bertz CT molecular complexity index is 511. The van der Waals surface area contributed by atoms with E-state index in [2.05, 4.69) is 15.4 Å². The van der Waals surface area contributed by atoms with Crippen molar-refractivity contribution in [1.29, 1.82) is 0 Å². The first-order valence-electron chi connectivity index (χ1n) is 5.98. The maximum Gasteiger partial charge on any atom is 0.323 e. The van der Waals surface area contributed by atoms with Gasteiger partial charge in [0.25, 0.3) is 5.56 Å². The smallest absolute Gasteiger partial charge is 0.323 e. The van der Waals surface area contributed by atoms with Crippen LogP contribution in [0.3, 0.4) is 0 Å². The van der Waals surface area contributed by atoms with Crippen LogP contribution in [0.5, 0.6) is 0 Å². The molecule has 2 heterocycles. The number of nitrogens with zero attached hydrogens (tertiary/aromatic N) is 3. The zero-order valence-corrected chi connectivity index (χ0v) is 10.5. The molecule has 2 amide bonds. The van der Waals surface area contributed by atoms with E-state index >= 15 is 0 Å². The average molecular weight is 270 g/mol. The van der Waals surface area contributed by atoms with Crippen LogP contribution in [0.4, 0.5) is 15.1 Å². The number of urea groups is 1. The van der Waals surface area contributed by atoms with Gasteiger partial charge in [0, 0.05) is 26.2 Å². The number of aromatic nitrogens is 2. The Labute approximate surface area is 108 Å². The van der Waals surface area contributed by atoms with E-state index < -0.39 is 6.10 Å². The van der Waals surface area contributed by atoms with E-state index in [0.717, 1.165) is 4.68 Å². The molecule has 104 valence electrons. The van der Waals surface area contributed by atoms with Gasteiger partial charge in [-0.15, -0.1) is 0 Å². The summed E-state index contributed by atoms with van der Waals surface area (Å²) in [6.45, 7) is 0.846. The summed E-state index contributed by atoms with van der Waals surface area (Å²) in [7, 11) is 1.50. The quantitative estimate of drug-likeness (QED) is 0.857. The number of anilines is 1. The van der Waals surface area contributed by atoms with Gasteiger partial charge in [-0.3, -0.25) is 10.1 Å². The topological polar surface area (TPSA) is 76.5 Å². The second kappa shape index (κ2) is 5.79. The Hall–Kier alpha value is -1.96. The minimum atomic E-state index is -0.431. The van der Waals surface area contributed by atoms with Crippen LogP contribution in [-0.4, -0.2) is 39.9 Å². The molecule has 0 unspecified atom stereocenters. The van der Waals surface area contributed by atoms with Crippen molar-refractivity contribution in [2.75, 3.05) is 18.4 Å². The fourth-order valence-electron chi connectivity index (χ4n) is 1.91. The molecule has 0 saturated carbocycles. The van der Waals surface area contributed by atoms with Crippen molar-refractivity contribution in [2.24, 2.45) is 7.05 Å². The highest BCUT2D eigenvalue weighted by atomic mass is 19.3. The number of hydrogen-bond donors (Lipinski definition) is 1. The van der Waals surface area contributed by atoms with Gasteiger partial charge in [-0.25, -0.2) is 9.48 Å². The summed E-state index contributed by atoms with van der Waals surface area (Å²) in [5.74, 6) is 0.302. The van der Waals surface area contributed by atoms with Crippen LogP contribution in [0.15, 0.2) is 16.9 Å². The molecule has 1 aliphatic rings. The Morgan fingerprint density at radius 3 is 2.74 bits per heavy atom. The molecule has 0 spiro atoms. The van der Waals surface area contributed by atoms with Crippen molar-refractivity contribution >= 4 is 11.8 Å². The van der Waals surface area contributed by atoms with Gasteiger partial charge >= 0.3 is 6.03 Å². The summed E-state index contributed by atoms with van der Waals surface area (Å²) in [5, 5.41) is 6.49. The minimum Gasteiger partial charge on any atom is -0.324 e. The fourth-order valence-corrected chi connectivity index (χ4v) is 1.91. The lowest BCUT2D eigenvalue weighted by Gasteiger charge is -2.29. The summed E-state index contributed by atoms with van der Waals surface area (Å²) >= 11 is 0. The van der Waals surface area contributed by atoms with Crippen molar-refractivity contribution in [3.05, 3.63) is 22.5 Å². The summed E-state index contributed by atoms with van der Waals surface area (Å²) in [4.78, 5) is 28.4. The largest absolute Gasteiger partial charge is 0.324 e. The van der Waals surface area contributed by atoms with Gasteiger partial charge in [-0.1, -0.05) is 0 Å². The molecular weight excluding hydrogens is 255 g/mol. The first-order chi connectivity index (χ1) is 9.10. The van der Waals surface area contributed by atoms with Crippen molar-refractivity contribution in [1.82, 2.24) is 14.7 Å². The van der Waals surface area contributed by atoms with Gasteiger partial charge in [0.1, 0.15) is 6.10 Å². The zero-order chi connectivity index (χ0) is 13.8. The molecule has 1 aromatic heterocycles. The van der Waals surface area contributed by atoms with E-state index in [0.29, 0.717) is 31.7 Å². The Kier molecular flexibility index (Phi) is 4.10. The molecule has 7 nitrogen and oxygen atoms in total. The average Bonchev–Trinajstić information content (AvgIpc) is 2.43. The van der Waals surface area contributed by atoms with E-state index in [-0.39, 0.29) is 11.6 Å². The summed E-state index contributed by atoms with van der Waals surface area (Å²) in [6, 6.07) is 2.45. The van der Waals surface area contributed by atoms with Crippen LogP contribution in [0.1, 0.15) is 12.8 Å². The molecule has 1 aromatic rings. The summed E-state index contributed by atoms with van der Waals surface area (Å²) in [6.07, 6.45) is 0.495. The number of aryl methyl sites for hydroxylation is 1. The standard InChI is InChI=1S/C11H15FN4O3/c1-15-10(17)3-2-9(14-15)13-11(18)16-6-4-8(19-12)5-7-16/h2-3,8H,4-7H2,1H3,(H,13,14,18). The molecule has 8 heteroatoms. The van der Waals surface area contributed by atoms with E-state index in [9.17, 15) is 14.1 Å². The number of hydrogen-bond acceptors (Lipinski definition) is 4. The van der Waals surface area contributed by atoms with Gasteiger partial charge in [-0.2, -0.15) is 10.0 Å². The van der Waals surface area contributed by atoms with Crippen LogP contribution in [0.2, 0.25) is 0 Å². The molecule has 2 rings (SSSR count). The number of halogens is 1. The highest BCUT2D eigenvalue weighted by Gasteiger charge is 2.24. The molecule has 1 aliphatic heterocycles. The molecule has 1 fully saturated rings. The monoisotopic (exact) mass is 270 g/mol. The predicted molar refractivity (Wildman–Crippen MR) is 65.3 cm³/mol. The van der Waals surface area contributed by atoms with Crippen LogP contribution in [0.25, 0.3) is 0 Å². The maximum absolute atomic E-state index is 12.0. The lowest BCUT2D eigenvalue weighted by Crippen LogP contribution is -2.42. The molecular formula is C11H15FN4O3. The lowest BCUT2D eigenvalue weighted by atomic mass is 10.1. The Morgan fingerprint density at radius 1 is 1.47 bits per heavy atom. The minimum absolute atomic E-state index is 0.251. The third-order valence-electron chi connectivity index (χ3n) is 3.05. The number of piperidine rings is 1. The van der Waals surface area contributed by atoms with E-state index in [4.69, 9.17) is 0 Å². The summed E-state index contributed by atoms with van der Waals surface area (Å²) < 4.78 is 13.1. The third-order valence-corrected chi connectivity index (χ3v) is 3.05. The van der Waals surface area contributed by atoms with Crippen LogP contribution in [0, 0.1) is 0 Å². The first-order valence-corrected chi connectivity index (χ1v) is 5.98. The number of likely N-dealkylation sites (tertiary alicyclic amines) is 1. The van der Waals surface area contributed by atoms with Crippen LogP contribution < -0.4 is 10.9 Å². The highest BCUT2D eigenvalue weighted by molar-refractivity contribution is 5.88. The fraction of sp³-hybridized carbons (Fsp3) is 0.545.